The van der Waals surface area contributed by atoms with E-state index < -0.39 is 0 Å². The average molecular weight is 405 g/mol. The molecule has 0 unspecified atom stereocenters. The fourth-order valence-corrected chi connectivity index (χ4v) is 3.53. The van der Waals surface area contributed by atoms with Gasteiger partial charge in [0.1, 0.15) is 5.71 Å². The Morgan fingerprint density at radius 3 is 2.70 bits per heavy atom. The van der Waals surface area contributed by atoms with Crippen LogP contribution in [0.3, 0.4) is 0 Å². The minimum atomic E-state index is -0.360. The second-order valence-corrected chi connectivity index (χ2v) is 7.43. The molecule has 30 heavy (non-hydrogen) atoms. The van der Waals surface area contributed by atoms with Crippen LogP contribution in [-0.4, -0.2) is 36.6 Å². The molecule has 4 rings (SSSR count). The quantitative estimate of drug-likeness (QED) is 0.819. The highest BCUT2D eigenvalue weighted by Gasteiger charge is 2.27. The minimum absolute atomic E-state index is 0.137. The molecule has 0 aromatic heterocycles. The van der Waals surface area contributed by atoms with Crippen LogP contribution in [0.25, 0.3) is 0 Å². The first-order valence-electron chi connectivity index (χ1n) is 9.87. The van der Waals surface area contributed by atoms with Crippen LogP contribution in [-0.2, 0) is 9.59 Å². The molecule has 2 aliphatic rings. The maximum absolute atomic E-state index is 12.8. The summed E-state index contributed by atoms with van der Waals surface area (Å²) >= 11 is 0. The number of rotatable bonds is 4. The molecule has 4 amide bonds. The fourth-order valence-electron chi connectivity index (χ4n) is 3.53. The van der Waals surface area contributed by atoms with Gasteiger partial charge in [0.25, 0.3) is 5.91 Å². The summed E-state index contributed by atoms with van der Waals surface area (Å²) in [5, 5.41) is 11.3. The zero-order chi connectivity index (χ0) is 21.3. The summed E-state index contributed by atoms with van der Waals surface area (Å²) in [5.74, 6) is -0.497. The smallest absolute Gasteiger partial charge is 0.321 e. The number of nitrogens with zero attached hydrogens (tertiary/aromatic N) is 3. The number of aryl methyl sites for hydroxylation is 2. The Bertz CT molecular complexity index is 1060. The highest BCUT2D eigenvalue weighted by molar-refractivity contribution is 6.44. The number of carbonyl (C=O) groups excluding carboxylic acids is 3. The molecule has 2 N–H and O–H groups in total. The predicted octanol–water partition coefficient (Wildman–Crippen LogP) is 2.95. The lowest BCUT2D eigenvalue weighted by molar-refractivity contribution is -0.118. The van der Waals surface area contributed by atoms with Crippen molar-refractivity contribution in [2.45, 2.75) is 26.7 Å². The topological polar surface area (TPSA) is 94.1 Å². The highest BCUT2D eigenvalue weighted by atomic mass is 16.2. The van der Waals surface area contributed by atoms with Gasteiger partial charge < -0.3 is 10.6 Å². The van der Waals surface area contributed by atoms with Gasteiger partial charge in [0.2, 0.25) is 5.91 Å². The molecule has 0 radical (unpaired) electrons. The van der Waals surface area contributed by atoms with E-state index in [9.17, 15) is 14.4 Å². The molecule has 0 spiro atoms. The Morgan fingerprint density at radius 2 is 1.93 bits per heavy atom. The van der Waals surface area contributed by atoms with E-state index in [1.54, 1.807) is 23.1 Å². The summed E-state index contributed by atoms with van der Waals surface area (Å²) < 4.78 is 0. The van der Waals surface area contributed by atoms with E-state index in [1.807, 2.05) is 38.1 Å². The minimum Gasteiger partial charge on any atom is -0.336 e. The average Bonchev–Trinajstić information content (AvgIpc) is 3.16. The van der Waals surface area contributed by atoms with Crippen molar-refractivity contribution in [3.8, 4) is 0 Å². The van der Waals surface area contributed by atoms with Crippen molar-refractivity contribution in [1.29, 1.82) is 0 Å². The third-order valence-corrected chi connectivity index (χ3v) is 5.16. The third-order valence-electron chi connectivity index (χ3n) is 5.16. The number of benzene rings is 2. The molecule has 2 aromatic carbocycles. The van der Waals surface area contributed by atoms with Crippen molar-refractivity contribution in [2.24, 2.45) is 5.10 Å². The molecule has 8 heteroatoms. The Labute approximate surface area is 174 Å². The summed E-state index contributed by atoms with van der Waals surface area (Å²) in [6.07, 6.45) is 0.494. The van der Waals surface area contributed by atoms with Gasteiger partial charge in [-0.25, -0.2) is 9.80 Å². The van der Waals surface area contributed by atoms with E-state index in [2.05, 4.69) is 15.7 Å². The summed E-state index contributed by atoms with van der Waals surface area (Å²) in [6.45, 7) is 5.03. The first kappa shape index (κ1) is 19.6. The molecule has 0 saturated carbocycles. The standard InChI is InChI=1S/C22H23N5O3/c1-14-6-7-15(2)19(12-14)27-20(28)9-8-18(25-27)21(29)24-16-4-3-5-17(13-16)26-11-10-23-22(26)30/h3-7,12-13H,8-11H2,1-2H3,(H,23,30)(H,24,29). The SMILES string of the molecule is Cc1ccc(C)c(N2N=C(C(=O)Nc3cccc(N4CCNC4=O)c3)CCC2=O)c1. The van der Waals surface area contributed by atoms with Crippen LogP contribution in [0.1, 0.15) is 24.0 Å². The van der Waals surface area contributed by atoms with E-state index >= 15 is 0 Å². The molecule has 2 aromatic rings. The van der Waals surface area contributed by atoms with Crippen LogP contribution >= 0.6 is 0 Å². The monoisotopic (exact) mass is 405 g/mol. The predicted molar refractivity (Wildman–Crippen MR) is 116 cm³/mol. The van der Waals surface area contributed by atoms with Crippen LogP contribution < -0.4 is 20.5 Å². The van der Waals surface area contributed by atoms with Gasteiger partial charge in [-0.2, -0.15) is 5.10 Å². The second kappa shape index (κ2) is 7.98. The number of carbonyl (C=O) groups is 3. The maximum Gasteiger partial charge on any atom is 0.321 e. The number of hydrogen-bond donors (Lipinski definition) is 2. The van der Waals surface area contributed by atoms with E-state index in [-0.39, 0.29) is 30.7 Å². The van der Waals surface area contributed by atoms with Crippen molar-refractivity contribution in [2.75, 3.05) is 28.3 Å². The lowest BCUT2D eigenvalue weighted by Crippen LogP contribution is -2.36. The largest absolute Gasteiger partial charge is 0.336 e. The molecule has 8 nitrogen and oxygen atoms in total. The van der Waals surface area contributed by atoms with Gasteiger partial charge in [-0.3, -0.25) is 14.5 Å². The third kappa shape index (κ3) is 3.89. The highest BCUT2D eigenvalue weighted by Crippen LogP contribution is 2.26. The van der Waals surface area contributed by atoms with Gasteiger partial charge in [-0.05, 0) is 49.2 Å². The van der Waals surface area contributed by atoms with Crippen molar-refractivity contribution >= 4 is 40.6 Å². The Morgan fingerprint density at radius 1 is 1.10 bits per heavy atom. The number of urea groups is 1. The van der Waals surface area contributed by atoms with Gasteiger partial charge in [0.05, 0.1) is 5.69 Å². The number of nitrogens with one attached hydrogen (secondary N) is 2. The zero-order valence-electron chi connectivity index (χ0n) is 16.9. The van der Waals surface area contributed by atoms with Crippen molar-refractivity contribution < 1.29 is 14.4 Å². The number of amides is 4. The van der Waals surface area contributed by atoms with E-state index in [0.29, 0.717) is 35.9 Å². The lowest BCUT2D eigenvalue weighted by Gasteiger charge is -2.25. The molecular weight excluding hydrogens is 382 g/mol. The Kier molecular flexibility index (Phi) is 5.22. The van der Waals surface area contributed by atoms with Gasteiger partial charge in [-0.1, -0.05) is 18.2 Å². The number of hydrazone groups is 1. The number of anilines is 3. The first-order valence-corrected chi connectivity index (χ1v) is 9.87. The first-order chi connectivity index (χ1) is 14.4. The second-order valence-electron chi connectivity index (χ2n) is 7.43. The molecule has 2 aliphatic heterocycles. The fraction of sp³-hybridized carbons (Fsp3) is 0.273. The summed E-state index contributed by atoms with van der Waals surface area (Å²) in [5.41, 5.74) is 4.18. The van der Waals surface area contributed by atoms with E-state index in [1.165, 1.54) is 5.01 Å². The molecule has 0 bridgehead atoms. The van der Waals surface area contributed by atoms with E-state index in [0.717, 1.165) is 11.1 Å². The molecular formula is C22H23N5O3. The Hall–Kier alpha value is -3.68. The molecule has 0 aliphatic carbocycles. The molecule has 154 valence electrons. The van der Waals surface area contributed by atoms with Crippen LogP contribution in [0.15, 0.2) is 47.6 Å². The van der Waals surface area contributed by atoms with Crippen molar-refractivity contribution in [1.82, 2.24) is 5.32 Å². The van der Waals surface area contributed by atoms with Crippen LogP contribution in [0.4, 0.5) is 21.9 Å². The zero-order valence-corrected chi connectivity index (χ0v) is 16.9. The Balaban J connectivity index is 1.55. The van der Waals surface area contributed by atoms with Crippen LogP contribution in [0.2, 0.25) is 0 Å². The van der Waals surface area contributed by atoms with E-state index in [4.69, 9.17) is 0 Å². The normalized spacial score (nSPS) is 16.4. The molecule has 2 heterocycles. The summed E-state index contributed by atoms with van der Waals surface area (Å²) in [7, 11) is 0. The molecule has 1 fully saturated rings. The summed E-state index contributed by atoms with van der Waals surface area (Å²) in [4.78, 5) is 38.8. The van der Waals surface area contributed by atoms with Gasteiger partial charge in [0, 0.05) is 37.3 Å². The van der Waals surface area contributed by atoms with Gasteiger partial charge in [0.15, 0.2) is 0 Å². The van der Waals surface area contributed by atoms with Crippen LogP contribution in [0, 0.1) is 13.8 Å². The number of hydrogen-bond acceptors (Lipinski definition) is 4. The molecule has 1 saturated heterocycles. The summed E-state index contributed by atoms with van der Waals surface area (Å²) in [6, 6.07) is 12.7. The van der Waals surface area contributed by atoms with Gasteiger partial charge in [-0.15, -0.1) is 0 Å². The van der Waals surface area contributed by atoms with Crippen LogP contribution in [0.5, 0.6) is 0 Å². The van der Waals surface area contributed by atoms with Gasteiger partial charge >= 0.3 is 6.03 Å². The van der Waals surface area contributed by atoms with Crippen molar-refractivity contribution in [3.63, 3.8) is 0 Å². The maximum atomic E-state index is 12.8. The lowest BCUT2D eigenvalue weighted by atomic mass is 10.1. The molecule has 0 atom stereocenters. The van der Waals surface area contributed by atoms with Crippen molar-refractivity contribution in [3.05, 3.63) is 53.6 Å².